The van der Waals surface area contributed by atoms with Gasteiger partial charge in [-0.15, -0.1) is 0 Å². The summed E-state index contributed by atoms with van der Waals surface area (Å²) in [5.41, 5.74) is 17.4. The minimum atomic E-state index is -3.97. The molecule has 0 aliphatic carbocycles. The van der Waals surface area contributed by atoms with Crippen LogP contribution in [0.25, 0.3) is 20.9 Å². The quantitative estimate of drug-likeness (QED) is 0.0252. The molecule has 2 rings (SSSR count). The van der Waals surface area contributed by atoms with E-state index >= 15 is 8.78 Å². The van der Waals surface area contributed by atoms with Crippen LogP contribution in [0.5, 0.6) is 0 Å². The zero-order chi connectivity index (χ0) is 44.6. The van der Waals surface area contributed by atoms with Crippen LogP contribution < -0.4 is 34.7 Å². The van der Waals surface area contributed by atoms with E-state index in [-0.39, 0.29) is 43.4 Å². The molecule has 2 saturated heterocycles. The second-order valence-corrected chi connectivity index (χ2v) is 12.5. The molecule has 332 valence electrons. The van der Waals surface area contributed by atoms with Gasteiger partial charge in [0.2, 0.25) is 0 Å². The normalized spacial score (nSPS) is 30.2. The number of esters is 3. The van der Waals surface area contributed by atoms with Gasteiger partial charge in [-0.3, -0.25) is 9.59 Å². The Bertz CT molecular complexity index is 1530. The van der Waals surface area contributed by atoms with Crippen LogP contribution in [0.3, 0.4) is 0 Å². The SMILES string of the molecule is C.CC(=O)C[C@H]1C([C@H](O)[C@H](O)CO)O[C@@](F)(C(=O)O)C(F)[C@H]1N=[N+]=[N-].CC[C@@H](OC(C)=O)[C@@H](OC(C)=O)C1O[C@@](F)(C(=O)OC)C(F)[C@@H](N=[N+]=[N-])[C@H]1CC(C)=O.C[O-].[Na+]. The Morgan fingerprint density at radius 2 is 1.24 bits per heavy atom. The molecule has 27 heteroatoms. The number of carboxylic acids is 1. The molecule has 0 bridgehead atoms. The Morgan fingerprint density at radius 3 is 1.58 bits per heavy atom. The maximum Gasteiger partial charge on any atom is 1.00 e. The topological polar surface area (TPSA) is 350 Å². The van der Waals surface area contributed by atoms with Crippen LogP contribution in [0.1, 0.15) is 61.3 Å². The number of Topliss-reactive ketones (excluding diaryl/α,β-unsaturated/α-hetero) is 2. The molecule has 22 nitrogen and oxygen atoms in total. The van der Waals surface area contributed by atoms with Gasteiger partial charge in [0.05, 0.1) is 31.9 Å². The molecule has 2 fully saturated rings. The number of ether oxygens (including phenoxy) is 5. The Hall–Kier alpha value is -3.68. The number of ketones is 2. The van der Waals surface area contributed by atoms with Crippen molar-refractivity contribution in [2.75, 3.05) is 20.8 Å². The number of hydrogen-bond donors (Lipinski definition) is 4. The number of halogens is 4. The van der Waals surface area contributed by atoms with Crippen molar-refractivity contribution in [2.24, 2.45) is 22.1 Å². The van der Waals surface area contributed by atoms with E-state index in [0.29, 0.717) is 0 Å². The van der Waals surface area contributed by atoms with Gasteiger partial charge in [0, 0.05) is 48.3 Å². The molecule has 2 heterocycles. The predicted molar refractivity (Wildman–Crippen MR) is 183 cm³/mol. The first kappa shape index (κ1) is 59.6. The number of carboxylic acid groups (broad SMARTS) is 1. The smallest absolute Gasteiger partial charge is 0.857 e. The van der Waals surface area contributed by atoms with Gasteiger partial charge < -0.3 is 58.8 Å². The number of carbonyl (C=O) groups excluding carboxylic acids is 5. The van der Waals surface area contributed by atoms with Crippen molar-refractivity contribution in [1.82, 2.24) is 0 Å². The molecule has 0 aromatic heterocycles. The first-order valence-electron chi connectivity index (χ1n) is 16.6. The molecular weight excluding hydrogens is 823 g/mol. The molecule has 14 atom stereocenters. The van der Waals surface area contributed by atoms with Gasteiger partial charge in [-0.05, 0) is 31.3 Å². The zero-order valence-corrected chi connectivity index (χ0v) is 34.6. The Balaban J connectivity index is -0.00000101. The molecule has 0 amide bonds. The number of methoxy groups -OCH3 is 1. The number of nitrogens with zero attached hydrogens (tertiary/aromatic N) is 6. The summed E-state index contributed by atoms with van der Waals surface area (Å²) in [6.45, 7) is 4.89. The maximum atomic E-state index is 15.4. The van der Waals surface area contributed by atoms with E-state index in [1.54, 1.807) is 6.92 Å². The summed E-state index contributed by atoms with van der Waals surface area (Å²) in [7, 11) is 1.54. The van der Waals surface area contributed by atoms with Crippen molar-refractivity contribution in [1.29, 1.82) is 0 Å². The summed E-state index contributed by atoms with van der Waals surface area (Å²) in [5, 5.41) is 51.7. The largest absolute Gasteiger partial charge is 1.00 e. The second-order valence-electron chi connectivity index (χ2n) is 12.5. The molecule has 0 aromatic rings. The molecule has 0 spiro atoms. The van der Waals surface area contributed by atoms with Gasteiger partial charge in [-0.2, -0.15) is 15.9 Å². The second kappa shape index (κ2) is 27.2. The molecule has 0 aromatic carbocycles. The van der Waals surface area contributed by atoms with Crippen LogP contribution in [0.4, 0.5) is 17.6 Å². The summed E-state index contributed by atoms with van der Waals surface area (Å²) >= 11 is 0. The monoisotopic (exact) mass is 872 g/mol. The number of alkyl halides is 4. The summed E-state index contributed by atoms with van der Waals surface area (Å²) in [6.07, 6.45) is -17.1. The van der Waals surface area contributed by atoms with Gasteiger partial charge in [-0.25, -0.2) is 18.4 Å². The number of azide groups is 2. The number of aliphatic carboxylic acids is 1. The van der Waals surface area contributed by atoms with E-state index in [1.165, 1.54) is 0 Å². The number of rotatable bonds is 16. The van der Waals surface area contributed by atoms with E-state index in [0.717, 1.165) is 41.9 Å². The predicted octanol–water partition coefficient (Wildman–Crippen LogP) is -1.81. The number of aliphatic hydroxyl groups excluding tert-OH is 3. The minimum absolute atomic E-state index is 0. The fourth-order valence-corrected chi connectivity index (χ4v) is 6.08. The Morgan fingerprint density at radius 1 is 0.831 bits per heavy atom. The molecule has 0 saturated carbocycles. The molecule has 2 aliphatic heterocycles. The van der Waals surface area contributed by atoms with Gasteiger partial charge in [0.1, 0.15) is 36.0 Å². The molecule has 0 radical (unpaired) electrons. The van der Waals surface area contributed by atoms with Gasteiger partial charge >= 0.3 is 65.1 Å². The maximum absolute atomic E-state index is 15.4. The Kier molecular flexibility index (Phi) is 27.5. The number of hydrogen-bond acceptors (Lipinski definition) is 17. The van der Waals surface area contributed by atoms with Gasteiger partial charge in [0.25, 0.3) is 0 Å². The van der Waals surface area contributed by atoms with Crippen LogP contribution in [0.2, 0.25) is 0 Å². The van der Waals surface area contributed by atoms with Gasteiger partial charge in [0.15, 0.2) is 18.4 Å². The van der Waals surface area contributed by atoms with Crippen LogP contribution >= 0.6 is 0 Å². The first-order chi connectivity index (χ1) is 26.5. The molecular formula is C32H49F4N6NaO16. The van der Waals surface area contributed by atoms with Crippen molar-refractivity contribution in [3.63, 3.8) is 0 Å². The van der Waals surface area contributed by atoms with Gasteiger partial charge in [-0.1, -0.05) is 24.6 Å². The van der Waals surface area contributed by atoms with E-state index in [2.05, 4.69) is 29.5 Å². The van der Waals surface area contributed by atoms with Crippen molar-refractivity contribution >= 4 is 35.4 Å². The van der Waals surface area contributed by atoms with Crippen molar-refractivity contribution in [3.05, 3.63) is 20.9 Å². The summed E-state index contributed by atoms with van der Waals surface area (Å²) < 4.78 is 83.5. The van der Waals surface area contributed by atoms with Crippen LogP contribution in [-0.2, 0) is 52.5 Å². The number of carbonyl (C=O) groups is 6. The molecule has 59 heavy (non-hydrogen) atoms. The molecule has 4 N–H and O–H groups in total. The average molecular weight is 873 g/mol. The third-order valence-corrected chi connectivity index (χ3v) is 8.45. The number of aliphatic hydroxyl groups is 3. The minimum Gasteiger partial charge on any atom is -0.857 e. The van der Waals surface area contributed by atoms with Crippen molar-refractivity contribution < 1.29 is 125 Å². The van der Waals surface area contributed by atoms with E-state index in [4.69, 9.17) is 40.6 Å². The fraction of sp³-hybridized carbons (Fsp3) is 0.812. The molecule has 4 unspecified atom stereocenters. The van der Waals surface area contributed by atoms with E-state index < -0.39 is 139 Å². The standard InChI is InChI=1S/C18H25F2N3O8.C12H17F2N3O7.CH3O.CH4.Na/c1-6-12(29-9(3)25)15(30-10(4)26)14-11(7-8(2)24)13(22-23-21)16(19)18(20,31-14)17(27)28-5;1-4(19)2-5-7(16-17-15)10(13)12(14,11(22)23)24-9(5)8(21)6(20)3-18;1-2;;/h11-16H,6-7H2,1-5H3;5-10,18,20-21H,2-3H2,1H3,(H,22,23);1H3;1H4;/q;;-1;;+1/t11-,12-,13+,14?,15-,16?,18-;5-,6-,7+,8-,9?,10?,12-;;;/m11.../s1. The fourth-order valence-electron chi connectivity index (χ4n) is 6.08. The summed E-state index contributed by atoms with van der Waals surface area (Å²) in [5.74, 6) is -17.4. The summed E-state index contributed by atoms with van der Waals surface area (Å²) in [6, 6.07) is -3.89. The Labute approximate surface area is 357 Å². The van der Waals surface area contributed by atoms with Crippen molar-refractivity contribution in [3.8, 4) is 0 Å². The van der Waals surface area contributed by atoms with Crippen LogP contribution in [0, 0.1) is 11.8 Å². The third kappa shape index (κ3) is 15.4. The summed E-state index contributed by atoms with van der Waals surface area (Å²) in [4.78, 5) is 74.3. The average Bonchev–Trinajstić information content (AvgIpc) is 3.15. The van der Waals surface area contributed by atoms with Crippen LogP contribution in [-0.4, -0.2) is 149 Å². The third-order valence-electron chi connectivity index (χ3n) is 8.45. The molecule has 2 aliphatic rings. The van der Waals surface area contributed by atoms with Crippen molar-refractivity contribution in [2.45, 2.75) is 134 Å². The zero-order valence-electron chi connectivity index (χ0n) is 32.6. The van der Waals surface area contributed by atoms with Crippen LogP contribution in [0.15, 0.2) is 10.2 Å². The van der Waals surface area contributed by atoms with E-state index in [9.17, 15) is 47.8 Å². The van der Waals surface area contributed by atoms with E-state index in [1.807, 2.05) is 0 Å². The first-order valence-corrected chi connectivity index (χ1v) is 16.6.